The van der Waals surface area contributed by atoms with E-state index in [0.29, 0.717) is 33.5 Å². The number of amides is 1. The lowest BCUT2D eigenvalue weighted by molar-refractivity contribution is 0.0937. The van der Waals surface area contributed by atoms with Gasteiger partial charge in [-0.05, 0) is 30.7 Å². The van der Waals surface area contributed by atoms with Crippen LogP contribution in [0, 0.1) is 0 Å². The summed E-state index contributed by atoms with van der Waals surface area (Å²) < 4.78 is 15.7. The molecule has 134 valence electrons. The zero-order valence-electron chi connectivity index (χ0n) is 14.6. The first kappa shape index (κ1) is 18.7. The van der Waals surface area contributed by atoms with Crippen molar-refractivity contribution < 1.29 is 19.0 Å². The fourth-order valence-electron chi connectivity index (χ4n) is 2.40. The number of ether oxygens (including phenoxy) is 3. The van der Waals surface area contributed by atoms with Crippen LogP contribution in [0.2, 0.25) is 5.02 Å². The average molecular weight is 365 g/mol. The molecule has 0 aliphatic rings. The van der Waals surface area contributed by atoms with Crippen molar-refractivity contribution in [3.05, 3.63) is 46.5 Å². The molecule has 0 saturated heterocycles. The van der Waals surface area contributed by atoms with Gasteiger partial charge in [0, 0.05) is 6.07 Å². The van der Waals surface area contributed by atoms with Crippen molar-refractivity contribution in [3.8, 4) is 17.2 Å². The number of carbonyl (C=O) groups excluding carboxylic acids is 1. The number of hydrogen-bond acceptors (Lipinski definition) is 5. The number of halogens is 1. The number of nitrogens with two attached hydrogens (primary N) is 1. The molecule has 2 aromatic carbocycles. The maximum atomic E-state index is 12.6. The zero-order valence-corrected chi connectivity index (χ0v) is 15.3. The van der Waals surface area contributed by atoms with Gasteiger partial charge in [-0.15, -0.1) is 0 Å². The highest BCUT2D eigenvalue weighted by molar-refractivity contribution is 6.33. The molecule has 25 heavy (non-hydrogen) atoms. The van der Waals surface area contributed by atoms with Gasteiger partial charge >= 0.3 is 0 Å². The molecule has 2 aromatic rings. The maximum Gasteiger partial charge on any atom is 0.255 e. The van der Waals surface area contributed by atoms with Gasteiger partial charge in [-0.3, -0.25) is 4.79 Å². The SMILES string of the molecule is COc1ccc(C(C)NC(=O)c2cc(Cl)c(N)cc2OC)cc1OC. The van der Waals surface area contributed by atoms with Gasteiger partial charge in [-0.1, -0.05) is 17.7 Å². The molecule has 3 N–H and O–H groups in total. The Kier molecular flexibility index (Phi) is 5.98. The third-order valence-electron chi connectivity index (χ3n) is 3.82. The van der Waals surface area contributed by atoms with Crippen LogP contribution in [0.4, 0.5) is 5.69 Å². The summed E-state index contributed by atoms with van der Waals surface area (Å²) in [5, 5.41) is 3.20. The van der Waals surface area contributed by atoms with Crippen LogP contribution in [0.3, 0.4) is 0 Å². The minimum Gasteiger partial charge on any atom is -0.496 e. The lowest BCUT2D eigenvalue weighted by Gasteiger charge is -2.18. The normalized spacial score (nSPS) is 11.6. The number of anilines is 1. The number of rotatable bonds is 6. The number of benzene rings is 2. The topological polar surface area (TPSA) is 82.8 Å². The van der Waals surface area contributed by atoms with Crippen molar-refractivity contribution in [2.45, 2.75) is 13.0 Å². The molecule has 2 rings (SSSR count). The Morgan fingerprint density at radius 2 is 1.68 bits per heavy atom. The van der Waals surface area contributed by atoms with E-state index in [-0.39, 0.29) is 11.9 Å². The van der Waals surface area contributed by atoms with Crippen LogP contribution in [-0.2, 0) is 0 Å². The van der Waals surface area contributed by atoms with Gasteiger partial charge in [0.05, 0.1) is 43.6 Å². The second-order valence-electron chi connectivity index (χ2n) is 5.38. The van der Waals surface area contributed by atoms with E-state index in [2.05, 4.69) is 5.32 Å². The van der Waals surface area contributed by atoms with Crippen LogP contribution in [0.1, 0.15) is 28.9 Å². The summed E-state index contributed by atoms with van der Waals surface area (Å²) in [5.41, 5.74) is 7.28. The fourth-order valence-corrected chi connectivity index (χ4v) is 2.56. The van der Waals surface area contributed by atoms with E-state index < -0.39 is 0 Å². The molecule has 6 nitrogen and oxygen atoms in total. The standard InChI is InChI=1S/C18H21ClN2O4/c1-10(11-5-6-15(23-2)17(7-11)25-4)21-18(22)12-8-13(19)14(20)9-16(12)24-3/h5-10H,20H2,1-4H3,(H,21,22). The molecule has 1 atom stereocenters. The summed E-state index contributed by atoms with van der Waals surface area (Å²) >= 11 is 6.02. The molecule has 0 heterocycles. The number of carbonyl (C=O) groups is 1. The van der Waals surface area contributed by atoms with Gasteiger partial charge in [0.1, 0.15) is 5.75 Å². The molecule has 1 unspecified atom stereocenters. The first-order valence-corrected chi connectivity index (χ1v) is 7.94. The summed E-state index contributed by atoms with van der Waals surface area (Å²) in [6, 6.07) is 8.21. The van der Waals surface area contributed by atoms with Crippen molar-refractivity contribution >= 4 is 23.2 Å². The quantitative estimate of drug-likeness (QED) is 0.767. The molecule has 0 saturated carbocycles. The highest BCUT2D eigenvalue weighted by Gasteiger charge is 2.18. The molecule has 7 heteroatoms. The first-order valence-electron chi connectivity index (χ1n) is 7.57. The summed E-state index contributed by atoms with van der Waals surface area (Å²) in [6.07, 6.45) is 0. The highest BCUT2D eigenvalue weighted by Crippen LogP contribution is 2.31. The van der Waals surface area contributed by atoms with Crippen LogP contribution >= 0.6 is 11.6 Å². The van der Waals surface area contributed by atoms with Crippen LogP contribution in [0.15, 0.2) is 30.3 Å². The third-order valence-corrected chi connectivity index (χ3v) is 4.15. The maximum absolute atomic E-state index is 12.6. The van der Waals surface area contributed by atoms with E-state index in [1.807, 2.05) is 19.1 Å². The van der Waals surface area contributed by atoms with Crippen molar-refractivity contribution in [1.29, 1.82) is 0 Å². The average Bonchev–Trinajstić information content (AvgIpc) is 2.62. The lowest BCUT2D eigenvalue weighted by atomic mass is 10.1. The van der Waals surface area contributed by atoms with Gasteiger partial charge in [-0.2, -0.15) is 0 Å². The Morgan fingerprint density at radius 1 is 1.04 bits per heavy atom. The molecular weight excluding hydrogens is 344 g/mol. The molecule has 0 aliphatic heterocycles. The molecule has 0 aromatic heterocycles. The summed E-state index contributed by atoms with van der Waals surface area (Å²) in [4.78, 5) is 12.6. The van der Waals surface area contributed by atoms with Crippen LogP contribution in [-0.4, -0.2) is 27.2 Å². The summed E-state index contributed by atoms with van der Waals surface area (Å²) in [7, 11) is 4.60. The molecule has 0 fully saturated rings. The fraction of sp³-hybridized carbons (Fsp3) is 0.278. The Labute approximate surface area is 151 Å². The summed E-state index contributed by atoms with van der Waals surface area (Å²) in [6.45, 7) is 1.87. The molecule has 1 amide bonds. The number of nitrogen functional groups attached to an aromatic ring is 1. The predicted octanol–water partition coefficient (Wildman–Crippen LogP) is 3.44. The van der Waals surface area contributed by atoms with Gasteiger partial charge in [0.25, 0.3) is 5.91 Å². The monoisotopic (exact) mass is 364 g/mol. The van der Waals surface area contributed by atoms with Crippen molar-refractivity contribution in [2.24, 2.45) is 0 Å². The largest absolute Gasteiger partial charge is 0.496 e. The Bertz CT molecular complexity index is 780. The Balaban J connectivity index is 2.25. The highest BCUT2D eigenvalue weighted by atomic mass is 35.5. The van der Waals surface area contributed by atoms with E-state index in [1.54, 1.807) is 20.3 Å². The Hall–Kier alpha value is -2.60. The van der Waals surface area contributed by atoms with Crippen molar-refractivity contribution in [1.82, 2.24) is 5.32 Å². The van der Waals surface area contributed by atoms with Crippen molar-refractivity contribution in [3.63, 3.8) is 0 Å². The number of hydrogen-bond donors (Lipinski definition) is 2. The predicted molar refractivity (Wildman–Crippen MR) is 97.8 cm³/mol. The minimum atomic E-state index is -0.318. The van der Waals surface area contributed by atoms with Crippen LogP contribution in [0.25, 0.3) is 0 Å². The van der Waals surface area contributed by atoms with E-state index in [1.165, 1.54) is 19.2 Å². The van der Waals surface area contributed by atoms with Gasteiger partial charge in [0.2, 0.25) is 0 Å². The minimum absolute atomic E-state index is 0.270. The van der Waals surface area contributed by atoms with E-state index >= 15 is 0 Å². The smallest absolute Gasteiger partial charge is 0.255 e. The molecular formula is C18H21ClN2O4. The second-order valence-corrected chi connectivity index (χ2v) is 5.79. The lowest BCUT2D eigenvalue weighted by Crippen LogP contribution is -2.27. The second kappa shape index (κ2) is 7.98. The van der Waals surface area contributed by atoms with Gasteiger partial charge < -0.3 is 25.3 Å². The van der Waals surface area contributed by atoms with Gasteiger partial charge in [0.15, 0.2) is 11.5 Å². The molecule has 0 aliphatic carbocycles. The number of nitrogens with one attached hydrogen (secondary N) is 1. The van der Waals surface area contributed by atoms with E-state index in [4.69, 9.17) is 31.5 Å². The van der Waals surface area contributed by atoms with Gasteiger partial charge in [-0.25, -0.2) is 0 Å². The third kappa shape index (κ3) is 4.09. The molecule has 0 radical (unpaired) electrons. The Morgan fingerprint density at radius 3 is 2.28 bits per heavy atom. The van der Waals surface area contributed by atoms with Crippen molar-refractivity contribution in [2.75, 3.05) is 27.1 Å². The number of methoxy groups -OCH3 is 3. The molecule has 0 spiro atoms. The van der Waals surface area contributed by atoms with Crippen LogP contribution < -0.4 is 25.3 Å². The zero-order chi connectivity index (χ0) is 18.6. The molecule has 0 bridgehead atoms. The first-order chi connectivity index (χ1) is 11.9. The van der Waals surface area contributed by atoms with Crippen LogP contribution in [0.5, 0.6) is 17.2 Å². The van der Waals surface area contributed by atoms with E-state index in [9.17, 15) is 4.79 Å². The van der Waals surface area contributed by atoms with E-state index in [0.717, 1.165) is 5.56 Å². The summed E-state index contributed by atoms with van der Waals surface area (Å²) in [5.74, 6) is 1.26.